The van der Waals surface area contributed by atoms with Gasteiger partial charge in [-0.15, -0.1) is 0 Å². The molecule has 0 aliphatic carbocycles. The molecule has 3 aromatic carbocycles. The van der Waals surface area contributed by atoms with E-state index in [2.05, 4.69) is 5.32 Å². The van der Waals surface area contributed by atoms with E-state index < -0.39 is 5.97 Å². The van der Waals surface area contributed by atoms with Crippen molar-refractivity contribution in [2.24, 2.45) is 0 Å². The number of methoxy groups -OCH3 is 1. The van der Waals surface area contributed by atoms with E-state index in [1.54, 1.807) is 43.1 Å². The summed E-state index contributed by atoms with van der Waals surface area (Å²) in [6, 6.07) is 24.2. The van der Waals surface area contributed by atoms with Gasteiger partial charge in [0, 0.05) is 33.9 Å². The summed E-state index contributed by atoms with van der Waals surface area (Å²) in [5.74, 6) is -0.339. The Morgan fingerprint density at radius 2 is 1.48 bits per heavy atom. The maximum absolute atomic E-state index is 12.1. The number of hydrogen-bond acceptors (Lipinski definition) is 6. The molecule has 0 heterocycles. The molecule has 0 bridgehead atoms. The SMILES string of the molecule is COc1ccc(C(=O)COC(=O)CCCC(=O)Nc2ccc(Sc3ccccc3)cc2)cc1. The largest absolute Gasteiger partial charge is 0.497 e. The molecule has 0 aliphatic heterocycles. The second kappa shape index (κ2) is 12.5. The molecule has 0 aromatic heterocycles. The molecule has 0 atom stereocenters. The van der Waals surface area contributed by atoms with Gasteiger partial charge in [0.15, 0.2) is 12.4 Å². The first-order valence-electron chi connectivity index (χ1n) is 10.5. The number of Topliss-reactive ketones (excluding diaryl/α,β-unsaturated/α-hetero) is 1. The molecular formula is C26H25NO5S. The van der Waals surface area contributed by atoms with Crippen molar-refractivity contribution in [3.63, 3.8) is 0 Å². The number of benzene rings is 3. The van der Waals surface area contributed by atoms with Gasteiger partial charge >= 0.3 is 5.97 Å². The second-order valence-electron chi connectivity index (χ2n) is 7.15. The molecule has 0 saturated carbocycles. The minimum atomic E-state index is -0.507. The fraction of sp³-hybridized carbons (Fsp3) is 0.192. The zero-order valence-corrected chi connectivity index (χ0v) is 19.1. The van der Waals surface area contributed by atoms with Crippen LogP contribution in [-0.4, -0.2) is 31.4 Å². The normalized spacial score (nSPS) is 10.3. The molecule has 0 aliphatic rings. The highest BCUT2D eigenvalue weighted by Crippen LogP contribution is 2.28. The van der Waals surface area contributed by atoms with Crippen molar-refractivity contribution in [2.75, 3.05) is 19.0 Å². The topological polar surface area (TPSA) is 81.7 Å². The molecule has 3 rings (SSSR count). The molecule has 1 N–H and O–H groups in total. The molecule has 3 aromatic rings. The summed E-state index contributed by atoms with van der Waals surface area (Å²) in [5.41, 5.74) is 1.14. The number of amides is 1. The lowest BCUT2D eigenvalue weighted by Gasteiger charge is -2.07. The Bertz CT molecular complexity index is 1070. The average molecular weight is 464 g/mol. The molecule has 6 nitrogen and oxygen atoms in total. The van der Waals surface area contributed by atoms with Crippen molar-refractivity contribution in [1.29, 1.82) is 0 Å². The number of anilines is 1. The summed E-state index contributed by atoms with van der Waals surface area (Å²) >= 11 is 1.65. The molecular weight excluding hydrogens is 438 g/mol. The van der Waals surface area contributed by atoms with Gasteiger partial charge in [-0.3, -0.25) is 14.4 Å². The molecule has 0 radical (unpaired) electrons. The van der Waals surface area contributed by atoms with Crippen LogP contribution in [0.2, 0.25) is 0 Å². The van der Waals surface area contributed by atoms with E-state index in [4.69, 9.17) is 9.47 Å². The van der Waals surface area contributed by atoms with E-state index in [1.807, 2.05) is 54.6 Å². The first-order chi connectivity index (χ1) is 16.0. The molecule has 1 amide bonds. The van der Waals surface area contributed by atoms with Crippen molar-refractivity contribution in [3.05, 3.63) is 84.4 Å². The summed E-state index contributed by atoms with van der Waals surface area (Å²) < 4.78 is 10.1. The highest BCUT2D eigenvalue weighted by atomic mass is 32.2. The standard InChI is InChI=1S/C26H25NO5S/c1-31-21-14-10-19(11-15-21)24(28)18-32-26(30)9-5-8-25(29)27-20-12-16-23(17-13-20)33-22-6-3-2-4-7-22/h2-4,6-7,10-17H,5,8-9,18H2,1H3,(H,27,29). The summed E-state index contributed by atoms with van der Waals surface area (Å²) in [7, 11) is 1.54. The number of carbonyl (C=O) groups excluding carboxylic acids is 3. The van der Waals surface area contributed by atoms with Gasteiger partial charge in [0.2, 0.25) is 5.91 Å². The third-order valence-corrected chi connectivity index (χ3v) is 5.69. The number of carbonyl (C=O) groups is 3. The highest BCUT2D eigenvalue weighted by Gasteiger charge is 2.11. The van der Waals surface area contributed by atoms with Crippen LogP contribution in [0, 0.1) is 0 Å². The van der Waals surface area contributed by atoms with Gasteiger partial charge in [-0.25, -0.2) is 0 Å². The van der Waals surface area contributed by atoms with Gasteiger partial charge in [0.05, 0.1) is 7.11 Å². The van der Waals surface area contributed by atoms with Crippen LogP contribution in [0.1, 0.15) is 29.6 Å². The van der Waals surface area contributed by atoms with Crippen LogP contribution >= 0.6 is 11.8 Å². The molecule has 0 fully saturated rings. The van der Waals surface area contributed by atoms with Crippen LogP contribution in [0.15, 0.2) is 88.7 Å². The Morgan fingerprint density at radius 3 is 2.15 bits per heavy atom. The maximum Gasteiger partial charge on any atom is 0.306 e. The van der Waals surface area contributed by atoms with Gasteiger partial charge in [-0.05, 0) is 67.1 Å². The van der Waals surface area contributed by atoms with Crippen molar-refractivity contribution in [2.45, 2.75) is 29.1 Å². The van der Waals surface area contributed by atoms with Crippen LogP contribution in [0.4, 0.5) is 5.69 Å². The maximum atomic E-state index is 12.1. The van der Waals surface area contributed by atoms with Crippen LogP contribution in [0.25, 0.3) is 0 Å². The Labute approximate surface area is 197 Å². The third-order valence-electron chi connectivity index (χ3n) is 4.68. The lowest BCUT2D eigenvalue weighted by atomic mass is 10.1. The van der Waals surface area contributed by atoms with E-state index in [1.165, 1.54) is 0 Å². The second-order valence-corrected chi connectivity index (χ2v) is 8.30. The molecule has 170 valence electrons. The minimum absolute atomic E-state index is 0.0654. The van der Waals surface area contributed by atoms with E-state index in [0.29, 0.717) is 23.4 Å². The predicted molar refractivity (Wildman–Crippen MR) is 128 cm³/mol. The van der Waals surface area contributed by atoms with E-state index in [-0.39, 0.29) is 31.1 Å². The quantitative estimate of drug-likeness (QED) is 0.304. The molecule has 0 saturated heterocycles. The van der Waals surface area contributed by atoms with Crippen molar-refractivity contribution in [3.8, 4) is 5.75 Å². The van der Waals surface area contributed by atoms with Crippen LogP contribution in [0.3, 0.4) is 0 Å². The fourth-order valence-electron chi connectivity index (χ4n) is 2.93. The van der Waals surface area contributed by atoms with E-state index in [0.717, 1.165) is 9.79 Å². The smallest absolute Gasteiger partial charge is 0.306 e. The van der Waals surface area contributed by atoms with Crippen molar-refractivity contribution >= 4 is 35.1 Å². The van der Waals surface area contributed by atoms with Gasteiger partial charge in [-0.2, -0.15) is 0 Å². The molecule has 0 unspecified atom stereocenters. The Kier molecular flexibility index (Phi) is 9.08. The summed E-state index contributed by atoms with van der Waals surface area (Å²) in [4.78, 5) is 38.3. The zero-order chi connectivity index (χ0) is 23.5. The van der Waals surface area contributed by atoms with Gasteiger partial charge in [0.25, 0.3) is 0 Å². The predicted octanol–water partition coefficient (Wildman–Crippen LogP) is 5.38. The number of esters is 1. The zero-order valence-electron chi connectivity index (χ0n) is 18.3. The number of nitrogens with one attached hydrogen (secondary N) is 1. The Balaban J connectivity index is 1.34. The van der Waals surface area contributed by atoms with Crippen molar-refractivity contribution in [1.82, 2.24) is 0 Å². The minimum Gasteiger partial charge on any atom is -0.497 e. The summed E-state index contributed by atoms with van der Waals surface area (Å²) in [6.07, 6.45) is 0.585. The molecule has 7 heteroatoms. The van der Waals surface area contributed by atoms with E-state index in [9.17, 15) is 14.4 Å². The van der Waals surface area contributed by atoms with Crippen molar-refractivity contribution < 1.29 is 23.9 Å². The van der Waals surface area contributed by atoms with Crippen LogP contribution < -0.4 is 10.1 Å². The number of ether oxygens (including phenoxy) is 2. The number of ketones is 1. The summed E-state index contributed by atoms with van der Waals surface area (Å²) in [5, 5.41) is 2.82. The van der Waals surface area contributed by atoms with Gasteiger partial charge in [0.1, 0.15) is 5.75 Å². The highest BCUT2D eigenvalue weighted by molar-refractivity contribution is 7.99. The fourth-order valence-corrected chi connectivity index (χ4v) is 3.76. The molecule has 33 heavy (non-hydrogen) atoms. The monoisotopic (exact) mass is 463 g/mol. The Hall–Kier alpha value is -3.58. The third kappa shape index (κ3) is 8.12. The number of hydrogen-bond donors (Lipinski definition) is 1. The average Bonchev–Trinajstić information content (AvgIpc) is 2.84. The van der Waals surface area contributed by atoms with Gasteiger partial charge in [-0.1, -0.05) is 30.0 Å². The first-order valence-corrected chi connectivity index (χ1v) is 11.3. The lowest BCUT2D eigenvalue weighted by molar-refractivity contribution is -0.142. The lowest BCUT2D eigenvalue weighted by Crippen LogP contribution is -2.15. The summed E-state index contributed by atoms with van der Waals surface area (Å²) in [6.45, 7) is -0.329. The Morgan fingerprint density at radius 1 is 0.818 bits per heavy atom. The molecule has 0 spiro atoms. The van der Waals surface area contributed by atoms with Crippen LogP contribution in [0.5, 0.6) is 5.75 Å². The van der Waals surface area contributed by atoms with E-state index >= 15 is 0 Å². The number of rotatable bonds is 11. The van der Waals surface area contributed by atoms with Gasteiger partial charge < -0.3 is 14.8 Å². The van der Waals surface area contributed by atoms with Crippen LogP contribution in [-0.2, 0) is 14.3 Å². The first kappa shape index (κ1) is 24.1.